The number of carbonyl (C=O) groups is 3. The molecule has 320 valence electrons. The minimum absolute atomic E-state index is 0.0839. The van der Waals surface area contributed by atoms with Crippen LogP contribution in [0.1, 0.15) is 239 Å². The molecule has 0 heterocycles. The van der Waals surface area contributed by atoms with Gasteiger partial charge in [-0.25, -0.2) is 0 Å². The van der Waals surface area contributed by atoms with E-state index >= 15 is 0 Å². The summed E-state index contributed by atoms with van der Waals surface area (Å²) in [6.07, 6.45) is 49.9. The van der Waals surface area contributed by atoms with Crippen molar-refractivity contribution in [1.82, 2.24) is 0 Å². The smallest absolute Gasteiger partial charge is 0.306 e. The summed E-state index contributed by atoms with van der Waals surface area (Å²) in [5.74, 6) is -0.935. The number of ether oxygens (including phenoxy) is 3. The number of carbonyl (C=O) groups excluding carboxylic acids is 3. The fraction of sp³-hybridized carbons (Fsp3) is 0.816. The van der Waals surface area contributed by atoms with Gasteiger partial charge in [-0.15, -0.1) is 0 Å². The van der Waals surface area contributed by atoms with Gasteiger partial charge in [0.1, 0.15) is 13.2 Å². The molecule has 0 aromatic carbocycles. The predicted octanol–water partition coefficient (Wildman–Crippen LogP) is 15.0. The summed E-state index contributed by atoms with van der Waals surface area (Å²) in [7, 11) is 0. The standard InChI is InChI=1S/C49H88O6/c1-4-7-10-13-16-19-22-24-25-28-30-33-36-39-42-48(51)54-45-46(44-53-47(50)41-38-35-32-29-26-21-18-15-12-9-6-3)55-49(52)43-40-37-34-31-27-23-20-17-14-11-8-5-2/h9,12,18,21,29,32,46H,4-8,10-11,13-17,19-20,22-28,30-31,33-45H2,1-3H3/b12-9-,21-18-,32-29-. The zero-order valence-electron chi connectivity index (χ0n) is 36.4. The maximum absolute atomic E-state index is 12.7. The highest BCUT2D eigenvalue weighted by atomic mass is 16.6. The van der Waals surface area contributed by atoms with Crippen LogP contribution in [0.15, 0.2) is 36.5 Å². The fourth-order valence-corrected chi connectivity index (χ4v) is 6.64. The summed E-state index contributed by atoms with van der Waals surface area (Å²) in [5, 5.41) is 0. The van der Waals surface area contributed by atoms with Gasteiger partial charge in [0.2, 0.25) is 0 Å². The van der Waals surface area contributed by atoms with Gasteiger partial charge >= 0.3 is 17.9 Å². The molecule has 0 aliphatic rings. The van der Waals surface area contributed by atoms with Crippen LogP contribution in [-0.2, 0) is 28.6 Å². The molecule has 0 fully saturated rings. The molecule has 0 saturated heterocycles. The third kappa shape index (κ3) is 42.6. The zero-order valence-corrected chi connectivity index (χ0v) is 36.4. The number of unbranched alkanes of at least 4 members (excludes halogenated alkanes) is 25. The van der Waals surface area contributed by atoms with Crippen molar-refractivity contribution >= 4 is 17.9 Å². The first-order chi connectivity index (χ1) is 27.0. The molecule has 0 spiro atoms. The van der Waals surface area contributed by atoms with E-state index in [9.17, 15) is 14.4 Å². The van der Waals surface area contributed by atoms with Crippen molar-refractivity contribution in [2.45, 2.75) is 245 Å². The van der Waals surface area contributed by atoms with Crippen LogP contribution in [0.2, 0.25) is 0 Å². The second kappa shape index (κ2) is 44.3. The van der Waals surface area contributed by atoms with Crippen LogP contribution < -0.4 is 0 Å². The van der Waals surface area contributed by atoms with Crippen molar-refractivity contribution in [2.75, 3.05) is 13.2 Å². The number of allylic oxidation sites excluding steroid dienone is 6. The van der Waals surface area contributed by atoms with Crippen LogP contribution in [0.4, 0.5) is 0 Å². The molecule has 0 saturated carbocycles. The average Bonchev–Trinajstić information content (AvgIpc) is 3.18. The molecule has 0 rings (SSSR count). The molecule has 0 aromatic rings. The van der Waals surface area contributed by atoms with E-state index in [4.69, 9.17) is 14.2 Å². The normalized spacial score (nSPS) is 12.3. The van der Waals surface area contributed by atoms with E-state index in [0.717, 1.165) is 64.2 Å². The van der Waals surface area contributed by atoms with Crippen LogP contribution >= 0.6 is 0 Å². The summed E-state index contributed by atoms with van der Waals surface area (Å²) in [5.41, 5.74) is 0. The first-order valence-electron chi connectivity index (χ1n) is 23.5. The molecule has 6 nitrogen and oxygen atoms in total. The molecular weight excluding hydrogens is 685 g/mol. The summed E-state index contributed by atoms with van der Waals surface area (Å²) >= 11 is 0. The van der Waals surface area contributed by atoms with E-state index in [-0.39, 0.29) is 31.1 Å². The van der Waals surface area contributed by atoms with Crippen LogP contribution in [0.5, 0.6) is 0 Å². The lowest BCUT2D eigenvalue weighted by Gasteiger charge is -2.18. The first kappa shape index (κ1) is 52.6. The summed E-state index contributed by atoms with van der Waals surface area (Å²) in [4.78, 5) is 37.7. The highest BCUT2D eigenvalue weighted by Gasteiger charge is 2.19. The van der Waals surface area contributed by atoms with Crippen molar-refractivity contribution in [1.29, 1.82) is 0 Å². The van der Waals surface area contributed by atoms with Crippen molar-refractivity contribution in [2.24, 2.45) is 0 Å². The van der Waals surface area contributed by atoms with Gasteiger partial charge in [0.05, 0.1) is 0 Å². The van der Waals surface area contributed by atoms with E-state index in [2.05, 4.69) is 57.2 Å². The molecule has 1 atom stereocenters. The molecule has 0 amide bonds. The van der Waals surface area contributed by atoms with Crippen molar-refractivity contribution < 1.29 is 28.6 Å². The Morgan fingerprint density at radius 2 is 0.709 bits per heavy atom. The van der Waals surface area contributed by atoms with Crippen LogP contribution in [0.3, 0.4) is 0 Å². The molecule has 0 radical (unpaired) electrons. The third-order valence-electron chi connectivity index (χ3n) is 10.2. The monoisotopic (exact) mass is 773 g/mol. The van der Waals surface area contributed by atoms with E-state index in [0.29, 0.717) is 25.7 Å². The third-order valence-corrected chi connectivity index (χ3v) is 10.2. The minimum atomic E-state index is -0.784. The van der Waals surface area contributed by atoms with E-state index in [1.54, 1.807) is 0 Å². The maximum Gasteiger partial charge on any atom is 0.306 e. The molecule has 6 heteroatoms. The first-order valence-corrected chi connectivity index (χ1v) is 23.5. The Kier molecular flexibility index (Phi) is 42.4. The van der Waals surface area contributed by atoms with Gasteiger partial charge in [-0.1, -0.05) is 211 Å². The Morgan fingerprint density at radius 3 is 1.11 bits per heavy atom. The van der Waals surface area contributed by atoms with Gasteiger partial charge in [0.25, 0.3) is 0 Å². The second-order valence-corrected chi connectivity index (χ2v) is 15.6. The van der Waals surface area contributed by atoms with Crippen molar-refractivity contribution in [3.05, 3.63) is 36.5 Å². The molecule has 0 aliphatic heterocycles. The van der Waals surface area contributed by atoms with Crippen molar-refractivity contribution in [3.63, 3.8) is 0 Å². The molecule has 0 aliphatic carbocycles. The quantitative estimate of drug-likeness (QED) is 0.0266. The van der Waals surface area contributed by atoms with Gasteiger partial charge in [-0.05, 0) is 44.9 Å². The van der Waals surface area contributed by atoms with Gasteiger partial charge in [0.15, 0.2) is 6.10 Å². The Hall–Kier alpha value is -2.37. The number of rotatable bonds is 42. The van der Waals surface area contributed by atoms with Crippen LogP contribution in [-0.4, -0.2) is 37.2 Å². The molecule has 0 bridgehead atoms. The maximum atomic E-state index is 12.7. The topological polar surface area (TPSA) is 78.9 Å². The van der Waals surface area contributed by atoms with Crippen LogP contribution in [0.25, 0.3) is 0 Å². The number of hydrogen-bond donors (Lipinski definition) is 0. The lowest BCUT2D eigenvalue weighted by molar-refractivity contribution is -0.167. The fourth-order valence-electron chi connectivity index (χ4n) is 6.64. The Balaban J connectivity index is 4.39. The highest BCUT2D eigenvalue weighted by Crippen LogP contribution is 2.15. The van der Waals surface area contributed by atoms with Gasteiger partial charge in [-0.3, -0.25) is 14.4 Å². The lowest BCUT2D eigenvalue weighted by atomic mass is 10.0. The molecule has 0 aromatic heterocycles. The average molecular weight is 773 g/mol. The van der Waals surface area contributed by atoms with Crippen molar-refractivity contribution in [3.8, 4) is 0 Å². The Labute approximate surface area is 340 Å². The Bertz CT molecular complexity index is 938. The summed E-state index contributed by atoms with van der Waals surface area (Å²) in [6.45, 7) is 6.47. The number of hydrogen-bond acceptors (Lipinski definition) is 6. The molecule has 1 unspecified atom stereocenters. The van der Waals surface area contributed by atoms with E-state index in [1.165, 1.54) is 128 Å². The minimum Gasteiger partial charge on any atom is -0.462 e. The van der Waals surface area contributed by atoms with Crippen LogP contribution in [0, 0.1) is 0 Å². The highest BCUT2D eigenvalue weighted by molar-refractivity contribution is 5.71. The molecular formula is C49H88O6. The van der Waals surface area contributed by atoms with Gasteiger partial charge in [-0.2, -0.15) is 0 Å². The van der Waals surface area contributed by atoms with E-state index < -0.39 is 6.10 Å². The van der Waals surface area contributed by atoms with Gasteiger partial charge < -0.3 is 14.2 Å². The SMILES string of the molecule is CC/C=C\C/C=C\C/C=C\CCCC(=O)OCC(COC(=O)CCCCCCCCCCCCCCCC)OC(=O)CCCCCCCCCCCCCC. The van der Waals surface area contributed by atoms with Gasteiger partial charge in [0, 0.05) is 19.3 Å². The summed E-state index contributed by atoms with van der Waals surface area (Å²) < 4.78 is 16.7. The number of esters is 3. The largest absolute Gasteiger partial charge is 0.462 e. The second-order valence-electron chi connectivity index (χ2n) is 15.6. The predicted molar refractivity (Wildman–Crippen MR) is 233 cm³/mol. The molecule has 0 N–H and O–H groups in total. The summed E-state index contributed by atoms with van der Waals surface area (Å²) in [6, 6.07) is 0. The lowest BCUT2D eigenvalue weighted by Crippen LogP contribution is -2.30. The Morgan fingerprint density at radius 1 is 0.382 bits per heavy atom. The molecule has 55 heavy (non-hydrogen) atoms. The zero-order chi connectivity index (χ0) is 40.1. The van der Waals surface area contributed by atoms with E-state index in [1.807, 2.05) is 0 Å².